The van der Waals surface area contributed by atoms with Crippen LogP contribution in [0.2, 0.25) is 0 Å². The lowest BCUT2D eigenvalue weighted by Gasteiger charge is -2.12. The fourth-order valence-corrected chi connectivity index (χ4v) is 2.91. The molecule has 3 nitrogen and oxygen atoms in total. The van der Waals surface area contributed by atoms with Gasteiger partial charge in [0, 0.05) is 24.5 Å². The van der Waals surface area contributed by atoms with Gasteiger partial charge in [-0.15, -0.1) is 11.3 Å². The number of anilines is 1. The zero-order valence-electron chi connectivity index (χ0n) is 8.84. The van der Waals surface area contributed by atoms with Gasteiger partial charge in [0.2, 0.25) is 0 Å². The third-order valence-electron chi connectivity index (χ3n) is 2.60. The molecule has 14 heavy (non-hydrogen) atoms. The lowest BCUT2D eigenvalue weighted by Crippen LogP contribution is -2.17. The van der Waals surface area contributed by atoms with Crippen molar-refractivity contribution in [1.29, 1.82) is 0 Å². The first-order chi connectivity index (χ1) is 6.81. The molecule has 4 heteroatoms. The van der Waals surface area contributed by atoms with E-state index < -0.39 is 0 Å². The van der Waals surface area contributed by atoms with E-state index in [0.717, 1.165) is 6.54 Å². The van der Waals surface area contributed by atoms with E-state index in [0.29, 0.717) is 0 Å². The van der Waals surface area contributed by atoms with E-state index >= 15 is 0 Å². The van der Waals surface area contributed by atoms with Crippen LogP contribution in [0.1, 0.15) is 23.4 Å². The van der Waals surface area contributed by atoms with Crippen LogP contribution >= 0.6 is 11.3 Å². The first-order valence-corrected chi connectivity index (χ1v) is 5.99. The second kappa shape index (κ2) is 4.28. The molecule has 0 bridgehead atoms. The van der Waals surface area contributed by atoms with Crippen LogP contribution in [0.15, 0.2) is 0 Å². The monoisotopic (exact) mass is 211 g/mol. The first-order valence-electron chi connectivity index (χ1n) is 5.17. The Hall–Kier alpha value is -0.610. The molecule has 0 atom stereocenters. The van der Waals surface area contributed by atoms with Crippen molar-refractivity contribution in [3.05, 3.63) is 10.6 Å². The predicted molar refractivity (Wildman–Crippen MR) is 61.1 cm³/mol. The molecule has 0 radical (unpaired) electrons. The van der Waals surface area contributed by atoms with Crippen molar-refractivity contribution < 1.29 is 0 Å². The molecule has 2 heterocycles. The van der Waals surface area contributed by atoms with Gasteiger partial charge in [0.05, 0.1) is 5.69 Å². The van der Waals surface area contributed by atoms with Crippen molar-refractivity contribution in [2.24, 2.45) is 0 Å². The molecule has 1 aliphatic heterocycles. The van der Waals surface area contributed by atoms with Gasteiger partial charge in [-0.25, -0.2) is 4.98 Å². The summed E-state index contributed by atoms with van der Waals surface area (Å²) in [7, 11) is 1.98. The summed E-state index contributed by atoms with van der Waals surface area (Å²) in [6, 6.07) is 0. The van der Waals surface area contributed by atoms with Crippen LogP contribution in [0.25, 0.3) is 0 Å². The Bertz CT molecular complexity index is 302. The Balaban J connectivity index is 2.14. The molecule has 0 amide bonds. The Kier molecular flexibility index (Phi) is 3.03. The Morgan fingerprint density at radius 1 is 1.43 bits per heavy atom. The van der Waals surface area contributed by atoms with Crippen LogP contribution in [0.5, 0.6) is 0 Å². The molecular formula is C10H17N3S. The number of aryl methyl sites for hydroxylation is 1. The Morgan fingerprint density at radius 2 is 2.14 bits per heavy atom. The summed E-state index contributed by atoms with van der Waals surface area (Å²) in [6.45, 7) is 5.41. The maximum absolute atomic E-state index is 4.62. The van der Waals surface area contributed by atoms with Gasteiger partial charge in [-0.3, -0.25) is 0 Å². The summed E-state index contributed by atoms with van der Waals surface area (Å²) >= 11 is 1.83. The smallest absolute Gasteiger partial charge is 0.185 e. The third-order valence-corrected chi connectivity index (χ3v) is 3.81. The predicted octanol–water partition coefficient (Wildman–Crippen LogP) is 1.77. The van der Waals surface area contributed by atoms with Crippen molar-refractivity contribution in [2.75, 3.05) is 25.0 Å². The highest BCUT2D eigenvalue weighted by Crippen LogP contribution is 2.28. The average molecular weight is 211 g/mol. The number of hydrogen-bond donors (Lipinski definition) is 1. The number of aromatic nitrogens is 1. The van der Waals surface area contributed by atoms with Crippen molar-refractivity contribution >= 4 is 16.5 Å². The molecule has 1 saturated heterocycles. The van der Waals surface area contributed by atoms with E-state index in [1.807, 2.05) is 18.4 Å². The second-order valence-corrected chi connectivity index (χ2v) is 4.79. The lowest BCUT2D eigenvalue weighted by atomic mass is 10.4. The molecule has 0 saturated carbocycles. The van der Waals surface area contributed by atoms with Crippen molar-refractivity contribution in [3.8, 4) is 0 Å². The maximum atomic E-state index is 4.62. The normalized spacial score (nSPS) is 16.6. The molecule has 0 spiro atoms. The first kappa shape index (κ1) is 9.93. The number of hydrogen-bond acceptors (Lipinski definition) is 4. The molecule has 1 N–H and O–H groups in total. The van der Waals surface area contributed by atoms with Gasteiger partial charge in [-0.1, -0.05) is 0 Å². The van der Waals surface area contributed by atoms with E-state index in [4.69, 9.17) is 0 Å². The molecule has 0 unspecified atom stereocenters. The molecule has 2 rings (SSSR count). The minimum Gasteiger partial charge on any atom is -0.348 e. The van der Waals surface area contributed by atoms with E-state index in [1.165, 1.54) is 41.6 Å². The highest BCUT2D eigenvalue weighted by atomic mass is 32.1. The van der Waals surface area contributed by atoms with Crippen LogP contribution in [0, 0.1) is 6.92 Å². The van der Waals surface area contributed by atoms with Gasteiger partial charge >= 0.3 is 0 Å². The van der Waals surface area contributed by atoms with E-state index in [9.17, 15) is 0 Å². The van der Waals surface area contributed by atoms with Crippen LogP contribution < -0.4 is 10.2 Å². The minimum atomic E-state index is 0.942. The van der Waals surface area contributed by atoms with E-state index in [2.05, 4.69) is 22.1 Å². The van der Waals surface area contributed by atoms with Gasteiger partial charge < -0.3 is 10.2 Å². The molecule has 1 aromatic heterocycles. The second-order valence-electron chi connectivity index (χ2n) is 3.73. The molecule has 1 aromatic rings. The van der Waals surface area contributed by atoms with Gasteiger partial charge in [-0.2, -0.15) is 0 Å². The molecular weight excluding hydrogens is 194 g/mol. The SMILES string of the molecule is CNCc1sc(N2CCCC2)nc1C. The summed E-state index contributed by atoms with van der Waals surface area (Å²) in [4.78, 5) is 8.39. The molecule has 0 aromatic carbocycles. The summed E-state index contributed by atoms with van der Waals surface area (Å²) < 4.78 is 0. The van der Waals surface area contributed by atoms with Crippen molar-refractivity contribution in [3.63, 3.8) is 0 Å². The van der Waals surface area contributed by atoms with Crippen molar-refractivity contribution in [2.45, 2.75) is 26.3 Å². The van der Waals surface area contributed by atoms with Crippen LogP contribution in [0.4, 0.5) is 5.13 Å². The Morgan fingerprint density at radius 3 is 2.79 bits per heavy atom. The molecule has 0 aliphatic carbocycles. The van der Waals surface area contributed by atoms with Crippen molar-refractivity contribution in [1.82, 2.24) is 10.3 Å². The summed E-state index contributed by atoms with van der Waals surface area (Å²) in [6.07, 6.45) is 2.64. The number of nitrogens with one attached hydrogen (secondary N) is 1. The fourth-order valence-electron chi connectivity index (χ4n) is 1.78. The van der Waals surface area contributed by atoms with E-state index in [-0.39, 0.29) is 0 Å². The number of rotatable bonds is 3. The maximum Gasteiger partial charge on any atom is 0.185 e. The molecule has 78 valence electrons. The van der Waals surface area contributed by atoms with Crippen LogP contribution in [0.3, 0.4) is 0 Å². The lowest BCUT2D eigenvalue weighted by molar-refractivity contribution is 0.822. The minimum absolute atomic E-state index is 0.942. The third kappa shape index (κ3) is 1.91. The van der Waals surface area contributed by atoms with E-state index in [1.54, 1.807) is 0 Å². The average Bonchev–Trinajstić information content (AvgIpc) is 2.76. The van der Waals surface area contributed by atoms with Crippen LogP contribution in [-0.2, 0) is 6.54 Å². The quantitative estimate of drug-likeness (QED) is 0.826. The summed E-state index contributed by atoms with van der Waals surface area (Å²) in [5.41, 5.74) is 1.19. The summed E-state index contributed by atoms with van der Waals surface area (Å²) in [5, 5.41) is 4.39. The molecule has 1 aliphatic rings. The Labute approximate surface area is 89.1 Å². The fraction of sp³-hybridized carbons (Fsp3) is 0.700. The highest BCUT2D eigenvalue weighted by molar-refractivity contribution is 7.15. The van der Waals surface area contributed by atoms with Gasteiger partial charge in [0.1, 0.15) is 0 Å². The largest absolute Gasteiger partial charge is 0.348 e. The number of nitrogens with zero attached hydrogens (tertiary/aromatic N) is 2. The molecule has 1 fully saturated rings. The van der Waals surface area contributed by atoms with Crippen LogP contribution in [-0.4, -0.2) is 25.1 Å². The topological polar surface area (TPSA) is 28.2 Å². The standard InChI is InChI=1S/C10H17N3S/c1-8-9(7-11-2)14-10(12-8)13-5-3-4-6-13/h11H,3-7H2,1-2H3. The zero-order valence-corrected chi connectivity index (χ0v) is 9.65. The highest BCUT2D eigenvalue weighted by Gasteiger charge is 2.17. The summed E-state index contributed by atoms with van der Waals surface area (Å²) in [5.74, 6) is 0. The zero-order chi connectivity index (χ0) is 9.97. The van der Waals surface area contributed by atoms with Gasteiger partial charge in [0.25, 0.3) is 0 Å². The van der Waals surface area contributed by atoms with Gasteiger partial charge in [-0.05, 0) is 26.8 Å². The van der Waals surface area contributed by atoms with Gasteiger partial charge in [0.15, 0.2) is 5.13 Å². The number of thiazole rings is 1.